The molecule has 0 spiro atoms. The Hall–Kier alpha value is -2.84. The smallest absolute Gasteiger partial charge is 0.262 e. The van der Waals surface area contributed by atoms with Gasteiger partial charge in [-0.2, -0.15) is 10.2 Å². The number of carbonyl (C=O) groups is 2. The van der Waals surface area contributed by atoms with Crippen molar-refractivity contribution in [1.82, 2.24) is 10.9 Å². The zero-order chi connectivity index (χ0) is 20.2. The van der Waals surface area contributed by atoms with E-state index in [1.54, 1.807) is 0 Å². The maximum absolute atomic E-state index is 11.7. The largest absolute Gasteiger partial charge is 0.331 e. The number of allylic oxidation sites excluding steroid dienone is 2. The van der Waals surface area contributed by atoms with Crippen molar-refractivity contribution < 1.29 is 9.59 Å². The third-order valence-corrected chi connectivity index (χ3v) is 3.99. The van der Waals surface area contributed by atoms with E-state index >= 15 is 0 Å². The fraction of sp³-hybridized carbons (Fsp3) is 0. The molecular weight excluding hydrogens is 488 g/mol. The van der Waals surface area contributed by atoms with Gasteiger partial charge in [0.25, 0.3) is 0 Å². The van der Waals surface area contributed by atoms with Crippen molar-refractivity contribution in [1.29, 1.82) is 0 Å². The molecule has 28 heavy (non-hydrogen) atoms. The molecule has 0 aliphatic heterocycles. The summed E-state index contributed by atoms with van der Waals surface area (Å²) in [6.07, 6.45) is 6.38. The Morgan fingerprint density at radius 2 is 1.04 bits per heavy atom. The standard InChI is InChI=1S/C20H16Br2N4O2/c21-17(11-15-7-3-1-4-8-15)13-23-25-19(27)20(28)26-24-14-18(22)12-16-9-5-2-6-10-16/h1-14H,(H,25,27)(H,26,28). The minimum atomic E-state index is -0.934. The molecule has 2 N–H and O–H groups in total. The normalized spacial score (nSPS) is 12.4. The van der Waals surface area contributed by atoms with Gasteiger partial charge >= 0.3 is 11.8 Å². The number of nitrogens with one attached hydrogen (secondary N) is 2. The summed E-state index contributed by atoms with van der Waals surface area (Å²) in [5, 5.41) is 7.43. The maximum atomic E-state index is 11.7. The lowest BCUT2D eigenvalue weighted by Gasteiger charge is -1.98. The zero-order valence-corrected chi connectivity index (χ0v) is 17.7. The molecule has 0 bridgehead atoms. The van der Waals surface area contributed by atoms with E-state index in [1.165, 1.54) is 12.4 Å². The van der Waals surface area contributed by atoms with Crippen LogP contribution in [0.2, 0.25) is 0 Å². The molecule has 0 atom stereocenters. The Morgan fingerprint density at radius 1 is 0.679 bits per heavy atom. The lowest BCUT2D eigenvalue weighted by molar-refractivity contribution is -0.139. The third kappa shape index (κ3) is 8.24. The van der Waals surface area contributed by atoms with Crippen molar-refractivity contribution in [2.24, 2.45) is 10.2 Å². The fourth-order valence-corrected chi connectivity index (χ4v) is 2.63. The SMILES string of the molecule is O=C(NN=CC(Br)=Cc1ccccc1)C(=O)NN=CC(Br)=Cc1ccccc1. The molecule has 0 saturated carbocycles. The Bertz CT molecular complexity index is 846. The van der Waals surface area contributed by atoms with Crippen molar-refractivity contribution in [3.8, 4) is 0 Å². The highest BCUT2D eigenvalue weighted by atomic mass is 79.9. The predicted molar refractivity (Wildman–Crippen MR) is 120 cm³/mol. The highest BCUT2D eigenvalue weighted by molar-refractivity contribution is 9.12. The number of hydrogen-bond donors (Lipinski definition) is 2. The maximum Gasteiger partial charge on any atom is 0.331 e. The molecule has 0 heterocycles. The molecule has 0 radical (unpaired) electrons. The second kappa shape index (κ2) is 11.8. The molecule has 142 valence electrons. The summed E-state index contributed by atoms with van der Waals surface area (Å²) in [5.74, 6) is -1.87. The van der Waals surface area contributed by atoms with Crippen LogP contribution in [-0.4, -0.2) is 24.2 Å². The summed E-state index contributed by atoms with van der Waals surface area (Å²) in [6.45, 7) is 0. The minimum Gasteiger partial charge on any atom is -0.262 e. The lowest BCUT2D eigenvalue weighted by Crippen LogP contribution is -2.35. The van der Waals surface area contributed by atoms with Gasteiger partial charge in [0.1, 0.15) is 0 Å². The monoisotopic (exact) mass is 502 g/mol. The Kier molecular flexibility index (Phi) is 9.03. The summed E-state index contributed by atoms with van der Waals surface area (Å²) in [6, 6.07) is 19.1. The molecule has 2 amide bonds. The number of hydrogen-bond acceptors (Lipinski definition) is 4. The average molecular weight is 504 g/mol. The number of benzene rings is 2. The molecule has 2 aromatic rings. The van der Waals surface area contributed by atoms with Crippen LogP contribution in [0.15, 0.2) is 79.8 Å². The summed E-state index contributed by atoms with van der Waals surface area (Å²) in [7, 11) is 0. The van der Waals surface area contributed by atoms with E-state index in [0.29, 0.717) is 8.96 Å². The second-order valence-corrected chi connectivity index (χ2v) is 7.11. The first-order chi connectivity index (χ1) is 13.5. The van der Waals surface area contributed by atoms with Crippen molar-refractivity contribution in [2.45, 2.75) is 0 Å². The van der Waals surface area contributed by atoms with Gasteiger partial charge in [-0.3, -0.25) is 9.59 Å². The van der Waals surface area contributed by atoms with Crippen molar-refractivity contribution in [2.75, 3.05) is 0 Å². The number of amides is 2. The van der Waals surface area contributed by atoms with Crippen molar-refractivity contribution in [3.63, 3.8) is 0 Å². The van der Waals surface area contributed by atoms with Crippen LogP contribution in [0.3, 0.4) is 0 Å². The Morgan fingerprint density at radius 3 is 1.39 bits per heavy atom. The fourth-order valence-electron chi connectivity index (χ4n) is 1.90. The van der Waals surface area contributed by atoms with E-state index in [2.05, 4.69) is 52.9 Å². The van der Waals surface area contributed by atoms with Gasteiger partial charge < -0.3 is 0 Å². The molecule has 0 aliphatic carbocycles. The van der Waals surface area contributed by atoms with Gasteiger partial charge in [-0.25, -0.2) is 10.9 Å². The van der Waals surface area contributed by atoms with E-state index in [-0.39, 0.29) is 0 Å². The topological polar surface area (TPSA) is 82.9 Å². The van der Waals surface area contributed by atoms with Crippen LogP contribution >= 0.6 is 31.9 Å². The number of hydrazone groups is 2. The molecule has 0 unspecified atom stereocenters. The van der Waals surface area contributed by atoms with E-state index < -0.39 is 11.8 Å². The van der Waals surface area contributed by atoms with Gasteiger partial charge in [0.15, 0.2) is 0 Å². The Labute approximate surface area is 179 Å². The molecule has 6 nitrogen and oxygen atoms in total. The van der Waals surface area contributed by atoms with Crippen molar-refractivity contribution >= 4 is 68.3 Å². The molecule has 0 aliphatic rings. The van der Waals surface area contributed by atoms with Gasteiger partial charge in [-0.05, 0) is 55.1 Å². The Balaban J connectivity index is 1.80. The van der Waals surface area contributed by atoms with Gasteiger partial charge in [0.05, 0.1) is 12.4 Å². The number of rotatable bonds is 6. The van der Waals surface area contributed by atoms with Gasteiger partial charge in [-0.1, -0.05) is 60.7 Å². The first kappa shape index (κ1) is 21.5. The quantitative estimate of drug-likeness (QED) is 0.354. The van der Waals surface area contributed by atoms with Gasteiger partial charge in [-0.15, -0.1) is 0 Å². The van der Waals surface area contributed by atoms with Gasteiger partial charge in [0.2, 0.25) is 0 Å². The number of nitrogens with zero attached hydrogens (tertiary/aromatic N) is 2. The molecule has 8 heteroatoms. The summed E-state index contributed by atoms with van der Waals surface area (Å²) in [5.41, 5.74) is 6.18. The highest BCUT2D eigenvalue weighted by Gasteiger charge is 2.10. The van der Waals surface area contributed by atoms with E-state index in [0.717, 1.165) is 11.1 Å². The molecule has 2 rings (SSSR count). The zero-order valence-electron chi connectivity index (χ0n) is 14.5. The molecule has 0 saturated heterocycles. The van der Waals surface area contributed by atoms with Crippen molar-refractivity contribution in [3.05, 3.63) is 80.8 Å². The number of halogens is 2. The van der Waals surface area contributed by atoms with E-state index in [4.69, 9.17) is 0 Å². The summed E-state index contributed by atoms with van der Waals surface area (Å²) in [4.78, 5) is 23.4. The minimum absolute atomic E-state index is 0.632. The molecule has 2 aromatic carbocycles. The van der Waals surface area contributed by atoms with Crippen LogP contribution in [0, 0.1) is 0 Å². The van der Waals surface area contributed by atoms with Crippen LogP contribution in [0.5, 0.6) is 0 Å². The van der Waals surface area contributed by atoms with E-state index in [9.17, 15) is 9.59 Å². The van der Waals surface area contributed by atoms with Crippen LogP contribution in [0.1, 0.15) is 11.1 Å². The molecular formula is C20H16Br2N4O2. The van der Waals surface area contributed by atoms with Gasteiger partial charge in [0, 0.05) is 8.96 Å². The van der Waals surface area contributed by atoms with Crippen LogP contribution in [0.4, 0.5) is 0 Å². The van der Waals surface area contributed by atoms with Crippen LogP contribution in [0.25, 0.3) is 12.2 Å². The molecule has 0 fully saturated rings. The van der Waals surface area contributed by atoms with Crippen LogP contribution in [-0.2, 0) is 9.59 Å². The lowest BCUT2D eigenvalue weighted by atomic mass is 10.2. The molecule has 0 aromatic heterocycles. The predicted octanol–water partition coefficient (Wildman–Crippen LogP) is 4.06. The highest BCUT2D eigenvalue weighted by Crippen LogP contribution is 2.10. The second-order valence-electron chi connectivity index (χ2n) is 5.28. The van der Waals surface area contributed by atoms with Crippen LogP contribution < -0.4 is 10.9 Å². The first-order valence-electron chi connectivity index (χ1n) is 8.05. The third-order valence-electron chi connectivity index (χ3n) is 3.12. The first-order valence-corrected chi connectivity index (χ1v) is 9.64. The summed E-state index contributed by atoms with van der Waals surface area (Å²) < 4.78 is 1.26. The van der Waals surface area contributed by atoms with E-state index in [1.807, 2.05) is 72.8 Å². The summed E-state index contributed by atoms with van der Waals surface area (Å²) >= 11 is 6.62. The number of carbonyl (C=O) groups excluding carboxylic acids is 2. The average Bonchev–Trinajstić information content (AvgIpc) is 2.69.